The van der Waals surface area contributed by atoms with Crippen molar-refractivity contribution in [2.75, 3.05) is 65.1 Å². The molecule has 2 saturated heterocycles. The Morgan fingerprint density at radius 2 is 2.32 bits per heavy atom. The molecule has 3 N–H and O–H groups in total. The number of aliphatic hydroxyl groups excluding tert-OH is 1. The van der Waals surface area contributed by atoms with Crippen molar-refractivity contribution in [3.63, 3.8) is 0 Å². The fourth-order valence-electron chi connectivity index (χ4n) is 4.09. The summed E-state index contributed by atoms with van der Waals surface area (Å²) in [6.45, 7) is 5.42. The van der Waals surface area contributed by atoms with Crippen molar-refractivity contribution in [3.8, 4) is 5.75 Å². The average Bonchev–Trinajstić information content (AvgIpc) is 3.39. The van der Waals surface area contributed by atoms with Crippen LogP contribution < -0.4 is 20.3 Å². The summed E-state index contributed by atoms with van der Waals surface area (Å²) in [5.74, 6) is 2.30. The smallest absolute Gasteiger partial charge is 0.191 e. The Labute approximate surface area is 168 Å². The molecule has 1 aromatic carbocycles. The van der Waals surface area contributed by atoms with Crippen LogP contribution >= 0.6 is 0 Å². The molecule has 3 rings (SSSR count). The van der Waals surface area contributed by atoms with Gasteiger partial charge in [0, 0.05) is 63.6 Å². The number of nitrogens with one attached hydrogen (secondary N) is 2. The first-order chi connectivity index (χ1) is 13.7. The van der Waals surface area contributed by atoms with Crippen LogP contribution in [0.3, 0.4) is 0 Å². The van der Waals surface area contributed by atoms with Crippen molar-refractivity contribution in [2.45, 2.75) is 19.3 Å². The number of methoxy groups -OCH3 is 1. The summed E-state index contributed by atoms with van der Waals surface area (Å²) in [4.78, 5) is 6.78. The SMILES string of the molecule is CN=C(NCC1CCN(c2cccc(OC)c2)C1)NCC1(CCO)CCOC1. The van der Waals surface area contributed by atoms with Crippen molar-refractivity contribution >= 4 is 11.6 Å². The Hall–Kier alpha value is -1.99. The van der Waals surface area contributed by atoms with Crippen molar-refractivity contribution in [1.29, 1.82) is 0 Å². The minimum absolute atomic E-state index is 0.0168. The van der Waals surface area contributed by atoms with Gasteiger partial charge in [-0.15, -0.1) is 0 Å². The maximum Gasteiger partial charge on any atom is 0.191 e. The highest BCUT2D eigenvalue weighted by atomic mass is 16.5. The summed E-state index contributed by atoms with van der Waals surface area (Å²) in [6.07, 6.45) is 2.90. The van der Waals surface area contributed by atoms with Crippen LogP contribution in [0.2, 0.25) is 0 Å². The molecular formula is C21H34N4O3. The summed E-state index contributed by atoms with van der Waals surface area (Å²) >= 11 is 0. The first kappa shape index (κ1) is 20.7. The zero-order valence-corrected chi connectivity index (χ0v) is 17.1. The third-order valence-electron chi connectivity index (χ3n) is 5.94. The van der Waals surface area contributed by atoms with E-state index in [0.717, 1.165) is 63.8 Å². The van der Waals surface area contributed by atoms with Gasteiger partial charge in [-0.3, -0.25) is 4.99 Å². The molecule has 2 aliphatic rings. The van der Waals surface area contributed by atoms with Crippen LogP contribution in [0.1, 0.15) is 19.3 Å². The molecule has 1 aromatic rings. The summed E-state index contributed by atoms with van der Waals surface area (Å²) < 4.78 is 10.9. The van der Waals surface area contributed by atoms with Crippen LogP contribution in [0.15, 0.2) is 29.3 Å². The molecule has 28 heavy (non-hydrogen) atoms. The van der Waals surface area contributed by atoms with E-state index in [2.05, 4.69) is 32.7 Å². The second-order valence-electron chi connectivity index (χ2n) is 7.89. The van der Waals surface area contributed by atoms with Crippen LogP contribution in [-0.2, 0) is 4.74 Å². The van der Waals surface area contributed by atoms with Gasteiger partial charge in [0.05, 0.1) is 13.7 Å². The number of nitrogens with zero attached hydrogens (tertiary/aromatic N) is 2. The normalized spacial score (nSPS) is 25.2. The van der Waals surface area contributed by atoms with Crippen LogP contribution in [-0.4, -0.2) is 71.2 Å². The zero-order valence-electron chi connectivity index (χ0n) is 17.1. The van der Waals surface area contributed by atoms with E-state index >= 15 is 0 Å². The van der Waals surface area contributed by atoms with Gasteiger partial charge in [0.2, 0.25) is 0 Å². The Morgan fingerprint density at radius 1 is 1.43 bits per heavy atom. The first-order valence-corrected chi connectivity index (χ1v) is 10.2. The Kier molecular flexibility index (Phi) is 7.39. The quantitative estimate of drug-likeness (QED) is 0.461. The third kappa shape index (κ3) is 5.29. The molecule has 0 amide bonds. The Morgan fingerprint density at radius 3 is 3.04 bits per heavy atom. The molecule has 0 aliphatic carbocycles. The van der Waals surface area contributed by atoms with Gasteiger partial charge >= 0.3 is 0 Å². The van der Waals surface area contributed by atoms with E-state index in [4.69, 9.17) is 9.47 Å². The number of anilines is 1. The molecule has 7 heteroatoms. The fraction of sp³-hybridized carbons (Fsp3) is 0.667. The largest absolute Gasteiger partial charge is 0.497 e. The number of aliphatic hydroxyl groups is 1. The van der Waals surface area contributed by atoms with Gasteiger partial charge in [-0.1, -0.05) is 6.07 Å². The topological polar surface area (TPSA) is 78.4 Å². The van der Waals surface area contributed by atoms with Gasteiger partial charge in [0.1, 0.15) is 5.75 Å². The number of benzene rings is 1. The van der Waals surface area contributed by atoms with E-state index in [9.17, 15) is 5.11 Å². The van der Waals surface area contributed by atoms with E-state index in [1.54, 1.807) is 14.2 Å². The summed E-state index contributed by atoms with van der Waals surface area (Å²) in [7, 11) is 3.51. The van der Waals surface area contributed by atoms with Crippen LogP contribution in [0, 0.1) is 11.3 Å². The molecule has 0 bridgehead atoms. The number of guanidine groups is 1. The van der Waals surface area contributed by atoms with Crippen molar-refractivity contribution in [2.24, 2.45) is 16.3 Å². The average molecular weight is 391 g/mol. The molecule has 2 heterocycles. The van der Waals surface area contributed by atoms with Gasteiger partial charge in [-0.2, -0.15) is 0 Å². The lowest BCUT2D eigenvalue weighted by atomic mass is 9.84. The monoisotopic (exact) mass is 390 g/mol. The predicted molar refractivity (Wildman–Crippen MR) is 112 cm³/mol. The molecular weight excluding hydrogens is 356 g/mol. The van der Waals surface area contributed by atoms with Crippen molar-refractivity contribution in [3.05, 3.63) is 24.3 Å². The maximum absolute atomic E-state index is 9.37. The van der Waals surface area contributed by atoms with E-state index in [1.165, 1.54) is 5.69 Å². The summed E-state index contributed by atoms with van der Waals surface area (Å²) in [6, 6.07) is 8.26. The van der Waals surface area contributed by atoms with E-state index in [-0.39, 0.29) is 12.0 Å². The number of hydrogen-bond acceptors (Lipinski definition) is 5. The highest BCUT2D eigenvalue weighted by Crippen LogP contribution is 2.31. The lowest BCUT2D eigenvalue weighted by molar-refractivity contribution is 0.127. The summed E-state index contributed by atoms with van der Waals surface area (Å²) in [5, 5.41) is 16.3. The molecule has 156 valence electrons. The number of hydrogen-bond donors (Lipinski definition) is 3. The van der Waals surface area contributed by atoms with Gasteiger partial charge < -0.3 is 30.1 Å². The van der Waals surface area contributed by atoms with Gasteiger partial charge in [-0.05, 0) is 37.3 Å². The Balaban J connectivity index is 1.45. The molecule has 0 radical (unpaired) electrons. The Bertz CT molecular complexity index is 646. The molecule has 2 aliphatic heterocycles. The molecule has 2 fully saturated rings. The minimum Gasteiger partial charge on any atom is -0.497 e. The molecule has 0 aromatic heterocycles. The first-order valence-electron chi connectivity index (χ1n) is 10.2. The van der Waals surface area contributed by atoms with Crippen molar-refractivity contribution < 1.29 is 14.6 Å². The van der Waals surface area contributed by atoms with Crippen LogP contribution in [0.4, 0.5) is 5.69 Å². The van der Waals surface area contributed by atoms with Crippen LogP contribution in [0.25, 0.3) is 0 Å². The molecule has 2 unspecified atom stereocenters. The second kappa shape index (κ2) is 9.98. The number of rotatable bonds is 8. The minimum atomic E-state index is 0.0168. The predicted octanol–water partition coefficient (Wildman–Crippen LogP) is 1.48. The highest BCUT2D eigenvalue weighted by Gasteiger charge is 2.34. The number of ether oxygens (including phenoxy) is 2. The lowest BCUT2D eigenvalue weighted by Crippen LogP contribution is -2.45. The molecule has 0 spiro atoms. The standard InChI is InChI=1S/C21H34N4O3/c1-22-20(24-15-21(7-10-26)8-11-28-16-21)23-13-17-6-9-25(14-17)18-4-3-5-19(12-18)27-2/h3-5,12,17,26H,6-11,13-16H2,1-2H3,(H2,22,23,24). The fourth-order valence-corrected chi connectivity index (χ4v) is 4.09. The van der Waals surface area contributed by atoms with Gasteiger partial charge in [0.15, 0.2) is 5.96 Å². The van der Waals surface area contributed by atoms with E-state index in [1.807, 2.05) is 12.1 Å². The molecule has 0 saturated carbocycles. The zero-order chi connectivity index (χ0) is 19.8. The summed E-state index contributed by atoms with van der Waals surface area (Å²) in [5.41, 5.74) is 1.24. The van der Waals surface area contributed by atoms with Crippen LogP contribution in [0.5, 0.6) is 5.75 Å². The third-order valence-corrected chi connectivity index (χ3v) is 5.94. The highest BCUT2D eigenvalue weighted by molar-refractivity contribution is 5.79. The van der Waals surface area contributed by atoms with E-state index < -0.39 is 0 Å². The lowest BCUT2D eigenvalue weighted by Gasteiger charge is -2.28. The molecule has 7 nitrogen and oxygen atoms in total. The maximum atomic E-state index is 9.37. The van der Waals surface area contributed by atoms with E-state index in [0.29, 0.717) is 12.5 Å². The van der Waals surface area contributed by atoms with Crippen molar-refractivity contribution in [1.82, 2.24) is 10.6 Å². The second-order valence-corrected chi connectivity index (χ2v) is 7.89. The molecule has 2 atom stereocenters. The number of aliphatic imine (C=N–C) groups is 1. The van der Waals surface area contributed by atoms with Gasteiger partial charge in [-0.25, -0.2) is 0 Å². The van der Waals surface area contributed by atoms with Gasteiger partial charge in [0.25, 0.3) is 0 Å².